The molecule has 0 unspecified atom stereocenters. The van der Waals surface area contributed by atoms with E-state index in [0.29, 0.717) is 5.92 Å². The summed E-state index contributed by atoms with van der Waals surface area (Å²) in [6.45, 7) is 0. The van der Waals surface area contributed by atoms with Crippen LogP contribution in [0.5, 0.6) is 0 Å². The van der Waals surface area contributed by atoms with Crippen molar-refractivity contribution in [2.75, 3.05) is 10.5 Å². The lowest BCUT2D eigenvalue weighted by Gasteiger charge is -2.08. The van der Waals surface area contributed by atoms with Crippen LogP contribution in [0.4, 0.5) is 5.69 Å². The molecule has 0 saturated heterocycles. The van der Waals surface area contributed by atoms with Crippen LogP contribution in [-0.4, -0.2) is 15.7 Å². The quantitative estimate of drug-likeness (QED) is 0.707. The van der Waals surface area contributed by atoms with E-state index >= 15 is 0 Å². The third kappa shape index (κ3) is 3.47. The molecule has 1 fully saturated rings. The second-order valence-corrected chi connectivity index (χ2v) is 7.27. The molecule has 2 aliphatic rings. The van der Waals surface area contributed by atoms with Gasteiger partial charge >= 0.3 is 0 Å². The minimum Gasteiger partial charge on any atom is -0.342 e. The zero-order valence-electron chi connectivity index (χ0n) is 13.3. The average Bonchev–Trinajstić information content (AvgIpc) is 3.24. The number of hydrogen-bond acceptors (Lipinski definition) is 3. The van der Waals surface area contributed by atoms with E-state index in [2.05, 4.69) is 46.1 Å². The number of fused-ring (bicyclic) bond motifs is 1. The van der Waals surface area contributed by atoms with Crippen LogP contribution in [0.15, 0.2) is 42.0 Å². The number of aromatic amines is 1. The SMILES string of the molecule is C1=CC(CSNc2ccc3nc(C4CCCC4)[nH]c3c2)=CCC1. The van der Waals surface area contributed by atoms with Crippen LogP contribution in [0, 0.1) is 0 Å². The molecule has 0 aliphatic heterocycles. The highest BCUT2D eigenvalue weighted by Crippen LogP contribution is 2.33. The standard InChI is InChI=1S/C19H23N3S/c1-2-6-14(7-3-1)13-23-22-16-10-11-17-18(12-16)21-19(20-17)15-8-4-5-9-15/h2,6-7,10-12,15,22H,1,3-5,8-9,13H2,(H,20,21). The Morgan fingerprint density at radius 1 is 1.22 bits per heavy atom. The highest BCUT2D eigenvalue weighted by molar-refractivity contribution is 8.00. The Kier molecular flexibility index (Phi) is 4.42. The van der Waals surface area contributed by atoms with Crippen molar-refractivity contribution < 1.29 is 0 Å². The summed E-state index contributed by atoms with van der Waals surface area (Å²) < 4.78 is 3.46. The molecule has 0 spiro atoms. The predicted molar refractivity (Wildman–Crippen MR) is 99.8 cm³/mol. The average molecular weight is 325 g/mol. The predicted octanol–water partition coefficient (Wildman–Crippen LogP) is 5.56. The number of hydrogen-bond donors (Lipinski definition) is 2. The van der Waals surface area contributed by atoms with Crippen molar-refractivity contribution in [3.63, 3.8) is 0 Å². The van der Waals surface area contributed by atoms with Crippen LogP contribution in [0.25, 0.3) is 11.0 Å². The highest BCUT2D eigenvalue weighted by atomic mass is 32.2. The molecule has 3 nitrogen and oxygen atoms in total. The maximum absolute atomic E-state index is 4.78. The van der Waals surface area contributed by atoms with E-state index in [1.807, 2.05) is 0 Å². The van der Waals surface area contributed by atoms with E-state index in [1.54, 1.807) is 11.9 Å². The van der Waals surface area contributed by atoms with Gasteiger partial charge in [0.25, 0.3) is 0 Å². The van der Waals surface area contributed by atoms with Crippen LogP contribution >= 0.6 is 11.9 Å². The third-order valence-corrected chi connectivity index (χ3v) is 5.60. The van der Waals surface area contributed by atoms with Gasteiger partial charge < -0.3 is 9.71 Å². The summed E-state index contributed by atoms with van der Waals surface area (Å²) >= 11 is 1.75. The maximum atomic E-state index is 4.78. The minimum atomic E-state index is 0.637. The Labute approximate surface area is 141 Å². The lowest BCUT2D eigenvalue weighted by molar-refractivity contribution is 0.681. The van der Waals surface area contributed by atoms with Gasteiger partial charge in [0.05, 0.1) is 11.0 Å². The summed E-state index contributed by atoms with van der Waals surface area (Å²) in [5.74, 6) is 2.82. The normalized spacial score (nSPS) is 18.5. The molecule has 4 heteroatoms. The van der Waals surface area contributed by atoms with Gasteiger partial charge in [-0.25, -0.2) is 4.98 Å². The van der Waals surface area contributed by atoms with Crippen molar-refractivity contribution in [1.82, 2.24) is 9.97 Å². The van der Waals surface area contributed by atoms with Gasteiger partial charge in [0, 0.05) is 17.4 Å². The van der Waals surface area contributed by atoms with Gasteiger partial charge in [-0.15, -0.1) is 0 Å². The Hall–Kier alpha value is -1.68. The van der Waals surface area contributed by atoms with Gasteiger partial charge in [-0.3, -0.25) is 0 Å². The Morgan fingerprint density at radius 3 is 2.96 bits per heavy atom. The fourth-order valence-electron chi connectivity index (χ4n) is 3.46. The number of rotatable bonds is 5. The molecular formula is C19H23N3S. The summed E-state index contributed by atoms with van der Waals surface area (Å²) in [7, 11) is 0. The lowest BCUT2D eigenvalue weighted by Crippen LogP contribution is -1.94. The van der Waals surface area contributed by atoms with Crippen LogP contribution in [0.2, 0.25) is 0 Å². The summed E-state index contributed by atoms with van der Waals surface area (Å²) in [5, 5.41) is 0. The third-order valence-electron chi connectivity index (χ3n) is 4.74. The highest BCUT2D eigenvalue weighted by Gasteiger charge is 2.20. The number of H-pyrrole nitrogens is 1. The van der Waals surface area contributed by atoms with Crippen molar-refractivity contribution in [2.24, 2.45) is 0 Å². The molecule has 2 aliphatic carbocycles. The number of nitrogens with zero attached hydrogens (tertiary/aromatic N) is 1. The Balaban J connectivity index is 1.41. The first kappa shape index (κ1) is 14.9. The molecule has 2 aromatic rings. The molecule has 4 rings (SSSR count). The van der Waals surface area contributed by atoms with Crippen molar-refractivity contribution in [2.45, 2.75) is 44.4 Å². The first-order valence-corrected chi connectivity index (χ1v) is 9.60. The molecule has 0 amide bonds. The molecule has 23 heavy (non-hydrogen) atoms. The van der Waals surface area contributed by atoms with Crippen LogP contribution in [0.1, 0.15) is 50.3 Å². The second kappa shape index (κ2) is 6.83. The van der Waals surface area contributed by atoms with Gasteiger partial charge in [0.2, 0.25) is 0 Å². The molecule has 1 aromatic carbocycles. The summed E-state index contributed by atoms with van der Waals surface area (Å²) in [5.41, 5.74) is 4.79. The van der Waals surface area contributed by atoms with Crippen LogP contribution in [0.3, 0.4) is 0 Å². The molecule has 1 heterocycles. The second-order valence-electron chi connectivity index (χ2n) is 6.48. The summed E-state index contributed by atoms with van der Waals surface area (Å²) in [6, 6.07) is 6.42. The topological polar surface area (TPSA) is 40.7 Å². The monoisotopic (exact) mass is 325 g/mol. The van der Waals surface area contributed by atoms with E-state index in [-0.39, 0.29) is 0 Å². The number of benzene rings is 1. The van der Waals surface area contributed by atoms with Crippen LogP contribution < -0.4 is 4.72 Å². The zero-order valence-corrected chi connectivity index (χ0v) is 14.2. The van der Waals surface area contributed by atoms with Gasteiger partial charge in [0.15, 0.2) is 0 Å². The van der Waals surface area contributed by atoms with E-state index in [9.17, 15) is 0 Å². The van der Waals surface area contributed by atoms with E-state index in [0.717, 1.165) is 22.5 Å². The molecular weight excluding hydrogens is 302 g/mol. The van der Waals surface area contributed by atoms with Crippen molar-refractivity contribution in [3.05, 3.63) is 47.8 Å². The number of imidazole rings is 1. The number of aromatic nitrogens is 2. The molecule has 2 N–H and O–H groups in total. The molecule has 0 atom stereocenters. The summed E-state index contributed by atoms with van der Waals surface area (Å²) in [4.78, 5) is 8.32. The van der Waals surface area contributed by atoms with Gasteiger partial charge in [-0.1, -0.05) is 31.1 Å². The van der Waals surface area contributed by atoms with Crippen molar-refractivity contribution in [1.29, 1.82) is 0 Å². The Bertz CT molecular complexity index is 738. The Morgan fingerprint density at radius 2 is 2.13 bits per heavy atom. The van der Waals surface area contributed by atoms with Gasteiger partial charge in [0.1, 0.15) is 5.82 Å². The van der Waals surface area contributed by atoms with Gasteiger partial charge in [-0.05, 0) is 61.4 Å². The molecule has 0 radical (unpaired) electrons. The minimum absolute atomic E-state index is 0.637. The largest absolute Gasteiger partial charge is 0.342 e. The zero-order chi connectivity index (χ0) is 15.5. The molecule has 1 saturated carbocycles. The van der Waals surface area contributed by atoms with Crippen molar-refractivity contribution in [3.8, 4) is 0 Å². The van der Waals surface area contributed by atoms with E-state index in [4.69, 9.17) is 4.98 Å². The smallest absolute Gasteiger partial charge is 0.110 e. The summed E-state index contributed by atoms with van der Waals surface area (Å²) in [6.07, 6.45) is 14.4. The first-order valence-electron chi connectivity index (χ1n) is 8.61. The number of allylic oxidation sites excluding steroid dienone is 3. The van der Waals surface area contributed by atoms with Gasteiger partial charge in [-0.2, -0.15) is 0 Å². The molecule has 120 valence electrons. The number of anilines is 1. The lowest BCUT2D eigenvalue weighted by atomic mass is 10.1. The van der Waals surface area contributed by atoms with Crippen LogP contribution in [-0.2, 0) is 0 Å². The molecule has 0 bridgehead atoms. The van der Waals surface area contributed by atoms with E-state index < -0.39 is 0 Å². The fourth-order valence-corrected chi connectivity index (χ4v) is 4.21. The van der Waals surface area contributed by atoms with E-state index in [1.165, 1.54) is 49.9 Å². The van der Waals surface area contributed by atoms with Crippen molar-refractivity contribution >= 4 is 28.7 Å². The molecule has 1 aromatic heterocycles. The maximum Gasteiger partial charge on any atom is 0.110 e. The first-order chi connectivity index (χ1) is 11.4. The number of nitrogens with one attached hydrogen (secondary N) is 2. The fraction of sp³-hybridized carbons (Fsp3) is 0.421.